The topological polar surface area (TPSA) is 91.0 Å². The first-order valence-corrected chi connectivity index (χ1v) is 12.2. The van der Waals surface area contributed by atoms with Gasteiger partial charge in [-0.05, 0) is 67.1 Å². The maximum absolute atomic E-state index is 13.4. The predicted molar refractivity (Wildman–Crippen MR) is 136 cm³/mol. The lowest BCUT2D eigenvalue weighted by Crippen LogP contribution is -2.67. The van der Waals surface area contributed by atoms with Crippen molar-refractivity contribution in [3.05, 3.63) is 64.2 Å². The zero-order valence-electron chi connectivity index (χ0n) is 20.6. The first kappa shape index (κ1) is 26.3. The molecule has 35 heavy (non-hydrogen) atoms. The molecule has 1 saturated heterocycles. The van der Waals surface area contributed by atoms with Crippen LogP contribution < -0.4 is 10.6 Å². The Morgan fingerprint density at radius 2 is 1.89 bits per heavy atom. The lowest BCUT2D eigenvalue weighted by molar-refractivity contribution is -0.143. The minimum atomic E-state index is -0.778. The number of nitrogens with zero attached hydrogens (tertiary/aromatic N) is 2. The van der Waals surface area contributed by atoms with Crippen molar-refractivity contribution in [1.29, 1.82) is 0 Å². The summed E-state index contributed by atoms with van der Waals surface area (Å²) in [4.78, 5) is 40.6. The van der Waals surface area contributed by atoms with Crippen LogP contribution in [0.4, 0.5) is 15.3 Å². The number of rotatable bonds is 10. The van der Waals surface area contributed by atoms with Gasteiger partial charge in [0.2, 0.25) is 0 Å². The van der Waals surface area contributed by atoms with Crippen molar-refractivity contribution >= 4 is 35.3 Å². The van der Waals surface area contributed by atoms with Crippen molar-refractivity contribution in [2.45, 2.75) is 53.4 Å². The van der Waals surface area contributed by atoms with Gasteiger partial charge in [-0.25, -0.2) is 14.5 Å². The summed E-state index contributed by atoms with van der Waals surface area (Å²) in [6, 6.07) is 12.1. The van der Waals surface area contributed by atoms with E-state index in [0.717, 1.165) is 28.1 Å². The Balaban J connectivity index is 1.82. The lowest BCUT2D eigenvalue weighted by Gasteiger charge is -2.41. The molecule has 2 N–H and O–H groups in total. The average Bonchev–Trinajstić information content (AvgIpc) is 2.79. The number of hydrogen-bond donors (Lipinski definition) is 2. The summed E-state index contributed by atoms with van der Waals surface area (Å²) in [5.41, 5.74) is 4.03. The molecule has 1 unspecified atom stereocenters. The summed E-state index contributed by atoms with van der Waals surface area (Å²) in [6.45, 7) is 8.51. The number of ether oxygens (including phenoxy) is 1. The van der Waals surface area contributed by atoms with Gasteiger partial charge in [-0.3, -0.25) is 15.0 Å². The van der Waals surface area contributed by atoms with Crippen LogP contribution >= 0.6 is 11.6 Å². The molecular weight excluding hydrogens is 468 g/mol. The highest BCUT2D eigenvalue weighted by Crippen LogP contribution is 2.22. The third-order valence-electron chi connectivity index (χ3n) is 5.68. The van der Waals surface area contributed by atoms with E-state index in [0.29, 0.717) is 10.9 Å². The van der Waals surface area contributed by atoms with Crippen LogP contribution in [0.25, 0.3) is 0 Å². The molecule has 1 atom stereocenters. The van der Waals surface area contributed by atoms with E-state index in [1.54, 1.807) is 19.1 Å². The molecule has 2 aromatic rings. The average molecular weight is 501 g/mol. The van der Waals surface area contributed by atoms with Gasteiger partial charge in [0, 0.05) is 17.3 Å². The number of hydrogen-bond acceptors (Lipinski definition) is 5. The monoisotopic (exact) mass is 500 g/mol. The van der Waals surface area contributed by atoms with Crippen LogP contribution in [0.3, 0.4) is 0 Å². The maximum Gasteiger partial charge on any atom is 0.331 e. The molecule has 2 aromatic carbocycles. The number of nitrogens with one attached hydrogen (secondary N) is 2. The molecule has 9 heteroatoms. The fourth-order valence-corrected chi connectivity index (χ4v) is 4.06. The quantitative estimate of drug-likeness (QED) is 0.440. The lowest BCUT2D eigenvalue weighted by atomic mass is 9.98. The van der Waals surface area contributed by atoms with Gasteiger partial charge in [0.25, 0.3) is 0 Å². The summed E-state index contributed by atoms with van der Waals surface area (Å²) < 4.78 is 4.93. The highest BCUT2D eigenvalue weighted by molar-refractivity contribution is 6.30. The second-order valence-electron chi connectivity index (χ2n) is 8.98. The maximum atomic E-state index is 13.4. The summed E-state index contributed by atoms with van der Waals surface area (Å²) in [5, 5.41) is 6.72. The van der Waals surface area contributed by atoms with Gasteiger partial charge in [0.15, 0.2) is 6.29 Å². The van der Waals surface area contributed by atoms with E-state index >= 15 is 0 Å². The minimum Gasteiger partial charge on any atom is -0.466 e. The van der Waals surface area contributed by atoms with Gasteiger partial charge in [0.05, 0.1) is 19.6 Å². The highest BCUT2D eigenvalue weighted by atomic mass is 35.5. The van der Waals surface area contributed by atoms with Crippen molar-refractivity contribution in [2.24, 2.45) is 5.92 Å². The zero-order chi connectivity index (χ0) is 25.5. The Morgan fingerprint density at radius 1 is 1.17 bits per heavy atom. The van der Waals surface area contributed by atoms with E-state index in [9.17, 15) is 14.4 Å². The largest absolute Gasteiger partial charge is 0.466 e. The van der Waals surface area contributed by atoms with Crippen LogP contribution in [0.15, 0.2) is 42.5 Å². The normalized spacial score (nSPS) is 15.9. The van der Waals surface area contributed by atoms with Crippen molar-refractivity contribution in [3.8, 4) is 0 Å². The number of esters is 1. The number of urea groups is 2. The first-order valence-electron chi connectivity index (χ1n) is 11.8. The molecule has 4 amide bonds. The smallest absolute Gasteiger partial charge is 0.331 e. The van der Waals surface area contributed by atoms with Gasteiger partial charge >= 0.3 is 18.0 Å². The van der Waals surface area contributed by atoms with Gasteiger partial charge in [-0.15, -0.1) is 0 Å². The Labute approximate surface area is 211 Å². The van der Waals surface area contributed by atoms with Gasteiger partial charge in [0.1, 0.15) is 0 Å². The van der Waals surface area contributed by atoms with E-state index in [2.05, 4.69) is 37.5 Å². The second kappa shape index (κ2) is 11.9. The van der Waals surface area contributed by atoms with Crippen molar-refractivity contribution in [2.75, 3.05) is 18.5 Å². The molecule has 0 aliphatic carbocycles. The van der Waals surface area contributed by atoms with Crippen LogP contribution in [0.1, 0.15) is 43.9 Å². The Bertz CT molecular complexity index is 1060. The predicted octanol–water partition coefficient (Wildman–Crippen LogP) is 5.14. The van der Waals surface area contributed by atoms with Crippen molar-refractivity contribution in [3.63, 3.8) is 0 Å². The highest BCUT2D eigenvalue weighted by Gasteiger charge is 2.38. The molecule has 1 aliphatic rings. The molecule has 188 valence electrons. The molecular formula is C26H33ClN4O4. The van der Waals surface area contributed by atoms with E-state index in [4.69, 9.17) is 16.3 Å². The van der Waals surface area contributed by atoms with Crippen LogP contribution in [0.2, 0.25) is 5.02 Å². The SMILES string of the molecule is CCOC(=O)CCN1C(=O)NC(Nc2ccc(CC(C)C)c(C)c2)N(Cc2ccc(Cl)cc2)C1=O. The Kier molecular flexibility index (Phi) is 8.98. The summed E-state index contributed by atoms with van der Waals surface area (Å²) in [7, 11) is 0. The fraction of sp³-hybridized carbons (Fsp3) is 0.423. The fourth-order valence-electron chi connectivity index (χ4n) is 3.93. The molecule has 0 radical (unpaired) electrons. The number of benzene rings is 2. The molecule has 1 aliphatic heterocycles. The molecule has 1 heterocycles. The van der Waals surface area contributed by atoms with Crippen LogP contribution in [0, 0.1) is 12.8 Å². The number of imide groups is 1. The number of anilines is 1. The first-order chi connectivity index (χ1) is 16.7. The van der Waals surface area contributed by atoms with Crippen LogP contribution in [-0.2, 0) is 22.5 Å². The van der Waals surface area contributed by atoms with E-state index in [1.807, 2.05) is 24.3 Å². The van der Waals surface area contributed by atoms with Crippen LogP contribution in [-0.4, -0.2) is 47.3 Å². The molecule has 0 bridgehead atoms. The van der Waals surface area contributed by atoms with Gasteiger partial charge in [-0.1, -0.05) is 43.6 Å². The second-order valence-corrected chi connectivity index (χ2v) is 9.42. The standard InChI is InChI=1S/C26H33ClN4O4/c1-5-35-23(32)12-13-30-25(33)29-24(28-22-11-8-20(14-17(2)3)18(4)15-22)31(26(30)34)16-19-6-9-21(27)10-7-19/h6-11,15,17,24,28H,5,12-14,16H2,1-4H3,(H,29,33). The number of carbonyl (C=O) groups excluding carboxylic acids is 3. The molecule has 1 fully saturated rings. The number of carbonyl (C=O) groups is 3. The summed E-state index contributed by atoms with van der Waals surface area (Å²) in [5.74, 6) is 0.0767. The summed E-state index contributed by atoms with van der Waals surface area (Å²) in [6.07, 6.45) is 0.124. The number of aryl methyl sites for hydroxylation is 1. The molecule has 8 nitrogen and oxygen atoms in total. The molecule has 3 rings (SSSR count). The van der Waals surface area contributed by atoms with E-state index < -0.39 is 24.3 Å². The van der Waals surface area contributed by atoms with E-state index in [1.165, 1.54) is 10.5 Å². The van der Waals surface area contributed by atoms with Gasteiger partial charge < -0.3 is 10.1 Å². The zero-order valence-corrected chi connectivity index (χ0v) is 21.4. The van der Waals surface area contributed by atoms with Crippen molar-refractivity contribution in [1.82, 2.24) is 15.1 Å². The van der Waals surface area contributed by atoms with E-state index in [-0.39, 0.29) is 26.1 Å². The third kappa shape index (κ3) is 7.11. The third-order valence-corrected chi connectivity index (χ3v) is 5.93. The Hall–Kier alpha value is -3.26. The van der Waals surface area contributed by atoms with Gasteiger partial charge in [-0.2, -0.15) is 0 Å². The van der Waals surface area contributed by atoms with Crippen molar-refractivity contribution < 1.29 is 19.1 Å². The summed E-state index contributed by atoms with van der Waals surface area (Å²) >= 11 is 6.01. The molecule has 0 saturated carbocycles. The Morgan fingerprint density at radius 3 is 2.51 bits per heavy atom. The molecule has 0 spiro atoms. The minimum absolute atomic E-state index is 0.0730. The number of amides is 4. The number of halogens is 1. The molecule has 0 aromatic heterocycles. The van der Waals surface area contributed by atoms with Crippen LogP contribution in [0.5, 0.6) is 0 Å².